The maximum atomic E-state index is 12.0. The summed E-state index contributed by atoms with van der Waals surface area (Å²) in [6.07, 6.45) is 3.32. The average molecular weight is 302 g/mol. The van der Waals surface area contributed by atoms with Crippen LogP contribution in [-0.2, 0) is 4.79 Å². The van der Waals surface area contributed by atoms with Gasteiger partial charge in [0.2, 0.25) is 5.91 Å². The SMILES string of the molecule is CC(C)C(=O)N1CCC(NCCC(C)c2ccccc2)CC1. The molecule has 1 fully saturated rings. The number of amides is 1. The molecular formula is C19H30N2O. The largest absolute Gasteiger partial charge is 0.342 e. The number of piperidine rings is 1. The highest BCUT2D eigenvalue weighted by Crippen LogP contribution is 2.18. The maximum Gasteiger partial charge on any atom is 0.225 e. The summed E-state index contributed by atoms with van der Waals surface area (Å²) >= 11 is 0. The summed E-state index contributed by atoms with van der Waals surface area (Å²) in [5.74, 6) is 1.02. The van der Waals surface area contributed by atoms with Crippen LogP contribution in [0.3, 0.4) is 0 Å². The molecule has 1 N–H and O–H groups in total. The zero-order valence-electron chi connectivity index (χ0n) is 14.2. The zero-order chi connectivity index (χ0) is 15.9. The molecule has 0 saturated carbocycles. The van der Waals surface area contributed by atoms with Crippen LogP contribution in [0.5, 0.6) is 0 Å². The molecular weight excluding hydrogens is 272 g/mol. The maximum absolute atomic E-state index is 12.0. The van der Waals surface area contributed by atoms with Crippen LogP contribution >= 0.6 is 0 Å². The lowest BCUT2D eigenvalue weighted by Crippen LogP contribution is -2.46. The molecule has 2 rings (SSSR count). The number of rotatable bonds is 6. The van der Waals surface area contributed by atoms with E-state index in [1.165, 1.54) is 5.56 Å². The minimum atomic E-state index is 0.122. The van der Waals surface area contributed by atoms with Crippen molar-refractivity contribution in [3.05, 3.63) is 35.9 Å². The van der Waals surface area contributed by atoms with Gasteiger partial charge in [-0.05, 0) is 37.3 Å². The van der Waals surface area contributed by atoms with Crippen LogP contribution in [0.2, 0.25) is 0 Å². The fraction of sp³-hybridized carbons (Fsp3) is 0.632. The Hall–Kier alpha value is -1.35. The first-order chi connectivity index (χ1) is 10.6. The first kappa shape index (κ1) is 17.0. The number of carbonyl (C=O) groups is 1. The highest BCUT2D eigenvalue weighted by molar-refractivity contribution is 5.78. The Morgan fingerprint density at radius 3 is 2.41 bits per heavy atom. The summed E-state index contributed by atoms with van der Waals surface area (Å²) in [6, 6.07) is 11.3. The van der Waals surface area contributed by atoms with Crippen LogP contribution in [-0.4, -0.2) is 36.5 Å². The molecule has 0 aromatic heterocycles. The Balaban J connectivity index is 1.66. The van der Waals surface area contributed by atoms with Crippen molar-refractivity contribution in [2.24, 2.45) is 5.92 Å². The van der Waals surface area contributed by atoms with E-state index in [-0.39, 0.29) is 5.92 Å². The predicted octanol–water partition coefficient (Wildman–Crippen LogP) is 3.42. The van der Waals surface area contributed by atoms with Crippen LogP contribution < -0.4 is 5.32 Å². The number of carbonyl (C=O) groups excluding carboxylic acids is 1. The van der Waals surface area contributed by atoms with Gasteiger partial charge in [0, 0.05) is 25.0 Å². The molecule has 1 aliphatic rings. The van der Waals surface area contributed by atoms with Crippen molar-refractivity contribution in [1.82, 2.24) is 10.2 Å². The van der Waals surface area contributed by atoms with E-state index in [0.29, 0.717) is 17.9 Å². The first-order valence-corrected chi connectivity index (χ1v) is 8.65. The van der Waals surface area contributed by atoms with E-state index in [2.05, 4.69) is 42.6 Å². The normalized spacial score (nSPS) is 17.7. The van der Waals surface area contributed by atoms with E-state index in [1.807, 2.05) is 18.7 Å². The molecule has 1 atom stereocenters. The summed E-state index contributed by atoms with van der Waals surface area (Å²) in [5, 5.41) is 3.67. The summed E-state index contributed by atoms with van der Waals surface area (Å²) in [7, 11) is 0. The Kier molecular flexibility index (Phi) is 6.44. The molecule has 1 aromatic rings. The molecule has 3 nitrogen and oxygen atoms in total. The predicted molar refractivity (Wildman–Crippen MR) is 91.9 cm³/mol. The van der Waals surface area contributed by atoms with Crippen molar-refractivity contribution in [2.45, 2.75) is 52.0 Å². The minimum Gasteiger partial charge on any atom is -0.342 e. The van der Waals surface area contributed by atoms with Crippen LogP contribution in [0.4, 0.5) is 0 Å². The number of hydrogen-bond acceptors (Lipinski definition) is 2. The molecule has 3 heteroatoms. The zero-order valence-corrected chi connectivity index (χ0v) is 14.2. The molecule has 1 aliphatic heterocycles. The average Bonchev–Trinajstić information content (AvgIpc) is 2.55. The third-order valence-corrected chi connectivity index (χ3v) is 4.68. The second kappa shape index (κ2) is 8.33. The van der Waals surface area contributed by atoms with Crippen LogP contribution in [0.25, 0.3) is 0 Å². The van der Waals surface area contributed by atoms with Gasteiger partial charge in [0.1, 0.15) is 0 Å². The van der Waals surface area contributed by atoms with Gasteiger partial charge < -0.3 is 10.2 Å². The van der Waals surface area contributed by atoms with Crippen molar-refractivity contribution in [2.75, 3.05) is 19.6 Å². The molecule has 22 heavy (non-hydrogen) atoms. The summed E-state index contributed by atoms with van der Waals surface area (Å²) in [6.45, 7) is 9.13. The lowest BCUT2D eigenvalue weighted by molar-refractivity contribution is -0.135. The Bertz CT molecular complexity index is 450. The van der Waals surface area contributed by atoms with Crippen LogP contribution in [0.1, 0.15) is 51.5 Å². The van der Waals surface area contributed by atoms with Crippen LogP contribution in [0, 0.1) is 5.92 Å². The van der Waals surface area contributed by atoms with Gasteiger partial charge in [-0.2, -0.15) is 0 Å². The molecule has 1 unspecified atom stereocenters. The summed E-state index contributed by atoms with van der Waals surface area (Å²) in [5.41, 5.74) is 1.42. The molecule has 1 aromatic carbocycles. The second-order valence-electron chi connectivity index (χ2n) is 6.81. The lowest BCUT2D eigenvalue weighted by atomic mass is 9.97. The van der Waals surface area contributed by atoms with Gasteiger partial charge in [-0.1, -0.05) is 51.1 Å². The molecule has 1 saturated heterocycles. The second-order valence-corrected chi connectivity index (χ2v) is 6.81. The van der Waals surface area contributed by atoms with Crippen molar-refractivity contribution >= 4 is 5.91 Å². The highest BCUT2D eigenvalue weighted by Gasteiger charge is 2.23. The van der Waals surface area contributed by atoms with E-state index >= 15 is 0 Å². The Morgan fingerprint density at radius 1 is 1.18 bits per heavy atom. The highest BCUT2D eigenvalue weighted by atomic mass is 16.2. The van der Waals surface area contributed by atoms with Gasteiger partial charge in [0.15, 0.2) is 0 Å². The Morgan fingerprint density at radius 2 is 1.82 bits per heavy atom. The fourth-order valence-corrected chi connectivity index (χ4v) is 3.12. The first-order valence-electron chi connectivity index (χ1n) is 8.65. The van der Waals surface area contributed by atoms with Crippen LogP contribution in [0.15, 0.2) is 30.3 Å². The minimum absolute atomic E-state index is 0.122. The van der Waals surface area contributed by atoms with Crippen molar-refractivity contribution in [1.29, 1.82) is 0 Å². The number of hydrogen-bond donors (Lipinski definition) is 1. The van der Waals surface area contributed by atoms with E-state index < -0.39 is 0 Å². The van der Waals surface area contributed by atoms with Crippen molar-refractivity contribution in [3.8, 4) is 0 Å². The number of nitrogens with zero attached hydrogens (tertiary/aromatic N) is 1. The monoisotopic (exact) mass is 302 g/mol. The van der Waals surface area contributed by atoms with Gasteiger partial charge in [-0.15, -0.1) is 0 Å². The molecule has 0 bridgehead atoms. The molecule has 0 radical (unpaired) electrons. The van der Waals surface area contributed by atoms with Gasteiger partial charge in [-0.25, -0.2) is 0 Å². The smallest absolute Gasteiger partial charge is 0.225 e. The third-order valence-electron chi connectivity index (χ3n) is 4.68. The van der Waals surface area contributed by atoms with Gasteiger partial charge in [0.05, 0.1) is 0 Å². The van der Waals surface area contributed by atoms with E-state index in [9.17, 15) is 4.79 Å². The molecule has 0 spiro atoms. The number of likely N-dealkylation sites (tertiary alicyclic amines) is 1. The third kappa shape index (κ3) is 4.84. The summed E-state index contributed by atoms with van der Waals surface area (Å²) in [4.78, 5) is 14.0. The molecule has 1 heterocycles. The molecule has 122 valence electrons. The number of benzene rings is 1. The van der Waals surface area contributed by atoms with E-state index in [0.717, 1.165) is 38.9 Å². The number of nitrogens with one attached hydrogen (secondary N) is 1. The molecule has 0 aliphatic carbocycles. The fourth-order valence-electron chi connectivity index (χ4n) is 3.12. The van der Waals surface area contributed by atoms with E-state index in [4.69, 9.17) is 0 Å². The Labute approximate surface area is 135 Å². The molecule has 1 amide bonds. The van der Waals surface area contributed by atoms with E-state index in [1.54, 1.807) is 0 Å². The van der Waals surface area contributed by atoms with Gasteiger partial charge in [-0.3, -0.25) is 4.79 Å². The van der Waals surface area contributed by atoms with Crippen molar-refractivity contribution < 1.29 is 4.79 Å². The quantitative estimate of drug-likeness (QED) is 0.873. The van der Waals surface area contributed by atoms with Gasteiger partial charge >= 0.3 is 0 Å². The summed E-state index contributed by atoms with van der Waals surface area (Å²) < 4.78 is 0. The lowest BCUT2D eigenvalue weighted by Gasteiger charge is -2.33. The van der Waals surface area contributed by atoms with Crippen molar-refractivity contribution in [3.63, 3.8) is 0 Å². The topological polar surface area (TPSA) is 32.3 Å². The van der Waals surface area contributed by atoms with Gasteiger partial charge in [0.25, 0.3) is 0 Å². The standard InChI is InChI=1S/C19H30N2O/c1-15(2)19(22)21-13-10-18(11-14-21)20-12-9-16(3)17-7-5-4-6-8-17/h4-8,15-16,18,20H,9-14H2,1-3H3.